The van der Waals surface area contributed by atoms with Crippen LogP contribution in [0.5, 0.6) is 5.88 Å². The highest BCUT2D eigenvalue weighted by Crippen LogP contribution is 2.36. The van der Waals surface area contributed by atoms with Crippen molar-refractivity contribution in [2.24, 2.45) is 17.8 Å². The normalized spacial score (nSPS) is 22.1. The molecule has 4 rings (SSSR count). The Balaban J connectivity index is 1.36. The number of likely N-dealkylation sites (tertiary alicyclic amines) is 1. The van der Waals surface area contributed by atoms with Crippen molar-refractivity contribution in [1.29, 1.82) is 0 Å². The van der Waals surface area contributed by atoms with Crippen molar-refractivity contribution in [3.63, 3.8) is 0 Å². The molecule has 40 heavy (non-hydrogen) atoms. The molecule has 1 N–H and O–H groups in total. The second-order valence-corrected chi connectivity index (χ2v) is 13.2. The Bertz CT molecular complexity index is 1310. The molecule has 1 aromatic carbocycles. The molecule has 0 radical (unpaired) electrons. The number of sulfone groups is 1. The monoisotopic (exact) mass is 575 g/mol. The maximum atomic E-state index is 12.9. The van der Waals surface area contributed by atoms with E-state index in [2.05, 4.69) is 36.1 Å². The Morgan fingerprint density at radius 2 is 1.77 bits per heavy atom. The molecule has 218 valence electrons. The number of anilines is 2. The molecule has 0 unspecified atom stereocenters. The van der Waals surface area contributed by atoms with Crippen molar-refractivity contribution >= 4 is 33.1 Å². The van der Waals surface area contributed by atoms with Crippen molar-refractivity contribution in [3.05, 3.63) is 40.7 Å². The number of carbonyl (C=O) groups excluding carboxylic acids is 1. The van der Waals surface area contributed by atoms with Crippen molar-refractivity contribution in [1.82, 2.24) is 14.9 Å². The number of hydrogen-bond donors (Lipinski definition) is 1. The number of nitro groups is 1. The SMILES string of the molecule is CC(C)[C@H]1C[C@H](C)C[C@@H](OC(=O)N2CCC(Oc3ncnc(Nc4ccc(S(C)(=O)=O)cc4)c3[N+](=O)[O-])CC2)C1. The molecule has 13 heteroatoms. The lowest BCUT2D eigenvalue weighted by Gasteiger charge is -2.37. The summed E-state index contributed by atoms with van der Waals surface area (Å²) in [7, 11) is -3.38. The summed E-state index contributed by atoms with van der Waals surface area (Å²) in [5.74, 6) is 1.37. The molecule has 1 aliphatic carbocycles. The van der Waals surface area contributed by atoms with Crippen molar-refractivity contribution in [2.45, 2.75) is 70.0 Å². The second kappa shape index (κ2) is 12.4. The highest BCUT2D eigenvalue weighted by atomic mass is 32.2. The Morgan fingerprint density at radius 1 is 1.10 bits per heavy atom. The van der Waals surface area contributed by atoms with Crippen molar-refractivity contribution in [3.8, 4) is 5.88 Å². The third kappa shape index (κ3) is 7.38. The Morgan fingerprint density at radius 3 is 2.38 bits per heavy atom. The standard InChI is InChI=1S/C27H37N5O7S/c1-17(2)19-13-18(3)14-22(15-19)39-27(33)31-11-9-21(10-12-31)38-26-24(32(34)35)25(28-16-29-26)30-20-5-7-23(8-6-20)40(4,36)37/h5-8,16-19,21-22H,9-15H2,1-4H3,(H,28,29,30)/t18-,19-,22+/m0/s1. The number of rotatable bonds is 8. The van der Waals surface area contributed by atoms with Gasteiger partial charge in [-0.2, -0.15) is 4.98 Å². The third-order valence-corrected chi connectivity index (χ3v) is 8.77. The molecule has 2 aromatic rings. The number of nitrogens with zero attached hydrogens (tertiary/aromatic N) is 4. The minimum Gasteiger partial charge on any atom is -0.469 e. The molecule has 2 aliphatic rings. The summed E-state index contributed by atoms with van der Waals surface area (Å²) in [6.07, 6.45) is 5.38. The van der Waals surface area contributed by atoms with E-state index >= 15 is 0 Å². The molecule has 2 fully saturated rings. The molecule has 1 aliphatic heterocycles. The van der Waals surface area contributed by atoms with Gasteiger partial charge in [0.2, 0.25) is 5.82 Å². The summed E-state index contributed by atoms with van der Waals surface area (Å²) in [5, 5.41) is 14.8. The third-order valence-electron chi connectivity index (χ3n) is 7.64. The predicted molar refractivity (Wildman–Crippen MR) is 148 cm³/mol. The summed E-state index contributed by atoms with van der Waals surface area (Å²) < 4.78 is 35.2. The summed E-state index contributed by atoms with van der Waals surface area (Å²) in [4.78, 5) is 34.0. The van der Waals surface area contributed by atoms with Crippen LogP contribution in [0.3, 0.4) is 0 Å². The van der Waals surface area contributed by atoms with E-state index in [1.165, 1.54) is 24.3 Å². The molecular weight excluding hydrogens is 538 g/mol. The Hall–Kier alpha value is -3.48. The van der Waals surface area contributed by atoms with E-state index in [0.29, 0.717) is 49.4 Å². The van der Waals surface area contributed by atoms with Crippen LogP contribution < -0.4 is 10.1 Å². The minimum absolute atomic E-state index is 0.0743. The van der Waals surface area contributed by atoms with E-state index in [4.69, 9.17) is 9.47 Å². The van der Waals surface area contributed by atoms with E-state index in [9.17, 15) is 23.3 Å². The molecular formula is C27H37N5O7S. The van der Waals surface area contributed by atoms with E-state index in [-0.39, 0.29) is 34.9 Å². The molecule has 3 atom stereocenters. The van der Waals surface area contributed by atoms with E-state index in [0.717, 1.165) is 31.8 Å². The van der Waals surface area contributed by atoms with E-state index in [1.54, 1.807) is 4.90 Å². The van der Waals surface area contributed by atoms with E-state index in [1.807, 2.05) is 0 Å². The van der Waals surface area contributed by atoms with Gasteiger partial charge in [-0.15, -0.1) is 0 Å². The number of amides is 1. The van der Waals surface area contributed by atoms with Crippen LogP contribution in [0.1, 0.15) is 52.9 Å². The highest BCUT2D eigenvalue weighted by molar-refractivity contribution is 7.90. The van der Waals surface area contributed by atoms with Gasteiger partial charge in [0.25, 0.3) is 5.88 Å². The van der Waals surface area contributed by atoms with Crippen LogP contribution in [-0.2, 0) is 14.6 Å². The number of carbonyl (C=O) groups is 1. The lowest BCUT2D eigenvalue weighted by atomic mass is 9.75. The van der Waals surface area contributed by atoms with Crippen LogP contribution >= 0.6 is 0 Å². The number of hydrogen-bond acceptors (Lipinski definition) is 10. The zero-order valence-electron chi connectivity index (χ0n) is 23.3. The summed E-state index contributed by atoms with van der Waals surface area (Å²) in [5.41, 5.74) is -0.0123. The van der Waals surface area contributed by atoms with Crippen molar-refractivity contribution in [2.75, 3.05) is 24.7 Å². The molecule has 0 spiro atoms. The van der Waals surface area contributed by atoms with Gasteiger partial charge < -0.3 is 19.7 Å². The maximum Gasteiger partial charge on any atom is 0.410 e. The highest BCUT2D eigenvalue weighted by Gasteiger charge is 2.34. The van der Waals surface area contributed by atoms with Crippen molar-refractivity contribution < 1.29 is 27.6 Å². The van der Waals surface area contributed by atoms with Crippen LogP contribution in [0.25, 0.3) is 0 Å². The molecule has 1 amide bonds. The minimum atomic E-state index is -3.38. The molecule has 1 aromatic heterocycles. The first-order valence-electron chi connectivity index (χ1n) is 13.6. The number of piperidine rings is 1. The summed E-state index contributed by atoms with van der Waals surface area (Å²) >= 11 is 0. The quantitative estimate of drug-likeness (QED) is 0.337. The fourth-order valence-electron chi connectivity index (χ4n) is 5.39. The summed E-state index contributed by atoms with van der Waals surface area (Å²) in [6, 6.07) is 5.79. The largest absolute Gasteiger partial charge is 0.469 e. The second-order valence-electron chi connectivity index (χ2n) is 11.2. The van der Waals surface area contributed by atoms with Gasteiger partial charge in [0, 0.05) is 37.9 Å². The number of aromatic nitrogens is 2. The average Bonchev–Trinajstić information content (AvgIpc) is 2.88. The topological polar surface area (TPSA) is 154 Å². The van der Waals surface area contributed by atoms with Crippen LogP contribution in [0.2, 0.25) is 0 Å². The first kappa shape index (κ1) is 29.5. The van der Waals surface area contributed by atoms with Gasteiger partial charge in [0.05, 0.1) is 9.82 Å². The summed E-state index contributed by atoms with van der Waals surface area (Å²) in [6.45, 7) is 7.46. The Kier molecular flexibility index (Phi) is 9.12. The fraction of sp³-hybridized carbons (Fsp3) is 0.593. The van der Waals surface area contributed by atoms with Gasteiger partial charge >= 0.3 is 11.8 Å². The lowest BCUT2D eigenvalue weighted by Crippen LogP contribution is -2.44. The molecule has 12 nitrogen and oxygen atoms in total. The first-order valence-corrected chi connectivity index (χ1v) is 15.5. The zero-order chi connectivity index (χ0) is 29.0. The number of ether oxygens (including phenoxy) is 2. The van der Waals surface area contributed by atoms with Gasteiger partial charge in [-0.25, -0.2) is 18.2 Å². The number of benzene rings is 1. The maximum absolute atomic E-state index is 12.9. The van der Waals surface area contributed by atoms with Gasteiger partial charge in [-0.1, -0.05) is 20.8 Å². The Labute approximate surface area is 234 Å². The predicted octanol–water partition coefficient (Wildman–Crippen LogP) is 4.97. The number of nitrogens with one attached hydrogen (secondary N) is 1. The smallest absolute Gasteiger partial charge is 0.410 e. The molecule has 0 bridgehead atoms. The average molecular weight is 576 g/mol. The van der Waals surface area contributed by atoms with Gasteiger partial charge in [0.15, 0.2) is 9.84 Å². The van der Waals surface area contributed by atoms with E-state index < -0.39 is 20.4 Å². The molecule has 2 heterocycles. The van der Waals surface area contributed by atoms with Crippen LogP contribution in [0.15, 0.2) is 35.5 Å². The van der Waals surface area contributed by atoms with Gasteiger partial charge in [0.1, 0.15) is 18.5 Å². The first-order chi connectivity index (χ1) is 18.9. The van der Waals surface area contributed by atoms with Crippen LogP contribution in [-0.4, -0.2) is 65.9 Å². The van der Waals surface area contributed by atoms with Crippen LogP contribution in [0, 0.1) is 27.9 Å². The molecule has 1 saturated heterocycles. The zero-order valence-corrected chi connectivity index (χ0v) is 24.1. The van der Waals surface area contributed by atoms with Gasteiger partial charge in [-0.3, -0.25) is 10.1 Å². The van der Waals surface area contributed by atoms with Gasteiger partial charge in [-0.05, 0) is 61.3 Å². The fourth-order valence-corrected chi connectivity index (χ4v) is 6.02. The lowest BCUT2D eigenvalue weighted by molar-refractivity contribution is -0.385. The molecule has 1 saturated carbocycles. The van der Waals surface area contributed by atoms with Crippen LogP contribution in [0.4, 0.5) is 22.0 Å².